The minimum atomic E-state index is -4.42. The first-order chi connectivity index (χ1) is 15.7. The zero-order chi connectivity index (χ0) is 23.6. The van der Waals surface area contributed by atoms with Crippen LogP contribution >= 0.6 is 0 Å². The van der Waals surface area contributed by atoms with Gasteiger partial charge in [-0.05, 0) is 78.4 Å². The Morgan fingerprint density at radius 1 is 1.00 bits per heavy atom. The van der Waals surface area contributed by atoms with Crippen molar-refractivity contribution in [1.29, 1.82) is 0 Å². The number of carboxylic acid groups (broad SMARTS) is 1. The second-order valence-electron chi connectivity index (χ2n) is 7.63. The molecule has 4 nitrogen and oxygen atoms in total. The third-order valence-corrected chi connectivity index (χ3v) is 5.43. The summed E-state index contributed by atoms with van der Waals surface area (Å²) in [6.45, 7) is -0.00218. The van der Waals surface area contributed by atoms with E-state index >= 15 is 0 Å². The van der Waals surface area contributed by atoms with Crippen molar-refractivity contribution in [2.24, 2.45) is 0 Å². The zero-order valence-corrected chi connectivity index (χ0v) is 20.3. The van der Waals surface area contributed by atoms with Crippen LogP contribution in [0.4, 0.5) is 17.6 Å². The molecule has 0 radical (unpaired) electrons. The third kappa shape index (κ3) is 5.87. The van der Waals surface area contributed by atoms with Gasteiger partial charge in [-0.1, -0.05) is 18.2 Å². The van der Waals surface area contributed by atoms with Crippen LogP contribution in [0.2, 0.25) is 0 Å². The molecule has 0 bridgehead atoms. The zero-order valence-electron chi connectivity index (χ0n) is 18.3. The van der Waals surface area contributed by atoms with E-state index in [2.05, 4.69) is 4.98 Å². The van der Waals surface area contributed by atoms with E-state index in [0.717, 1.165) is 29.7 Å². The summed E-state index contributed by atoms with van der Waals surface area (Å²) >= 11 is 0. The van der Waals surface area contributed by atoms with Gasteiger partial charge in [0.2, 0.25) is 0 Å². The molecule has 0 fully saturated rings. The van der Waals surface area contributed by atoms with Gasteiger partial charge in [0, 0.05) is 5.56 Å². The molecule has 0 atom stereocenters. The van der Waals surface area contributed by atoms with Gasteiger partial charge in [-0.15, -0.1) is 0 Å². The third-order valence-electron chi connectivity index (χ3n) is 5.43. The van der Waals surface area contributed by atoms with E-state index in [1.807, 2.05) is 0 Å². The molecule has 1 aliphatic rings. The van der Waals surface area contributed by atoms with Crippen molar-refractivity contribution in [3.05, 3.63) is 94.6 Å². The fourth-order valence-corrected chi connectivity index (χ4v) is 3.86. The quantitative estimate of drug-likeness (QED) is 0.402. The number of halogens is 4. The van der Waals surface area contributed by atoms with Crippen LogP contribution < -0.4 is 39.4 Å². The van der Waals surface area contributed by atoms with Crippen molar-refractivity contribution in [2.75, 3.05) is 0 Å². The van der Waals surface area contributed by atoms with Crippen LogP contribution in [0.1, 0.15) is 52.1 Å². The monoisotopic (exact) mass is 479 g/mol. The van der Waals surface area contributed by atoms with Gasteiger partial charge in [0.05, 0.1) is 22.9 Å². The Labute approximate surface area is 215 Å². The molecule has 0 spiro atoms. The number of carbonyl (C=O) groups is 1. The molecule has 170 valence electrons. The van der Waals surface area contributed by atoms with Crippen molar-refractivity contribution < 1.29 is 61.8 Å². The molecular weight excluding hydrogens is 461 g/mol. The van der Waals surface area contributed by atoms with Crippen LogP contribution in [-0.2, 0) is 12.8 Å². The topological polar surface area (TPSA) is 62.2 Å². The Bertz CT molecular complexity index is 1220. The summed E-state index contributed by atoms with van der Waals surface area (Å²) in [6.07, 6.45) is -2.39. The van der Waals surface area contributed by atoms with E-state index in [1.165, 1.54) is 36.4 Å². The minimum absolute atomic E-state index is 0. The number of carboxylic acids is 1. The second-order valence-corrected chi connectivity index (χ2v) is 7.63. The Balaban J connectivity index is 0.00000324. The summed E-state index contributed by atoms with van der Waals surface area (Å²) in [5.74, 6) is -1.48. The SMILES string of the molecule is O=C([O-])c1cccc(C2=C(c3cc(F)ccc3OCc3ccc(C(F)(F)F)cc3)CCC2)n1.[Na+]. The number of carbonyl (C=O) groups excluding carboxylic acids is 1. The van der Waals surface area contributed by atoms with E-state index < -0.39 is 23.5 Å². The van der Waals surface area contributed by atoms with Crippen LogP contribution in [-0.4, -0.2) is 11.0 Å². The number of ether oxygens (including phenoxy) is 1. The van der Waals surface area contributed by atoms with Crippen molar-refractivity contribution in [3.8, 4) is 5.75 Å². The maximum Gasteiger partial charge on any atom is 1.00 e. The maximum atomic E-state index is 14.1. The van der Waals surface area contributed by atoms with Crippen LogP contribution in [0.3, 0.4) is 0 Å². The Hall–Kier alpha value is -2.68. The van der Waals surface area contributed by atoms with Gasteiger partial charge in [-0.3, -0.25) is 0 Å². The molecule has 0 aliphatic heterocycles. The molecule has 0 N–H and O–H groups in total. The number of allylic oxidation sites excluding steroid dienone is 2. The normalized spacial score (nSPS) is 13.5. The predicted octanol–water partition coefficient (Wildman–Crippen LogP) is 2.28. The molecule has 1 heterocycles. The average Bonchev–Trinajstić information content (AvgIpc) is 3.28. The van der Waals surface area contributed by atoms with E-state index in [9.17, 15) is 27.5 Å². The van der Waals surface area contributed by atoms with Gasteiger partial charge in [-0.2, -0.15) is 13.2 Å². The number of aromatic carboxylic acids is 1. The van der Waals surface area contributed by atoms with Gasteiger partial charge in [0.15, 0.2) is 0 Å². The molecule has 34 heavy (non-hydrogen) atoms. The van der Waals surface area contributed by atoms with E-state index in [0.29, 0.717) is 35.4 Å². The number of pyridine rings is 1. The van der Waals surface area contributed by atoms with Crippen LogP contribution in [0.25, 0.3) is 11.1 Å². The molecule has 0 amide bonds. The Morgan fingerprint density at radius 2 is 1.71 bits per heavy atom. The van der Waals surface area contributed by atoms with Gasteiger partial charge < -0.3 is 14.6 Å². The molecule has 0 saturated carbocycles. The summed E-state index contributed by atoms with van der Waals surface area (Å²) < 4.78 is 58.3. The first-order valence-electron chi connectivity index (χ1n) is 10.2. The largest absolute Gasteiger partial charge is 1.00 e. The summed E-state index contributed by atoms with van der Waals surface area (Å²) in [7, 11) is 0. The molecule has 0 unspecified atom stereocenters. The fraction of sp³-hybridized carbons (Fsp3) is 0.200. The predicted molar refractivity (Wildman–Crippen MR) is 111 cm³/mol. The van der Waals surface area contributed by atoms with Gasteiger partial charge in [0.1, 0.15) is 18.2 Å². The molecular formula is C25H18F4NNaO3. The summed E-state index contributed by atoms with van der Waals surface area (Å²) in [5, 5.41) is 11.2. The Morgan fingerprint density at radius 3 is 2.38 bits per heavy atom. The minimum Gasteiger partial charge on any atom is -0.543 e. The summed E-state index contributed by atoms with van der Waals surface area (Å²) in [6, 6.07) is 13.3. The first-order valence-corrected chi connectivity index (χ1v) is 10.2. The Kier molecular flexibility index (Phi) is 8.17. The van der Waals surface area contributed by atoms with Crippen LogP contribution in [0, 0.1) is 5.82 Å². The summed E-state index contributed by atoms with van der Waals surface area (Å²) in [5.41, 5.74) is 2.16. The van der Waals surface area contributed by atoms with Crippen LogP contribution in [0.15, 0.2) is 60.7 Å². The molecule has 2 aromatic carbocycles. The van der Waals surface area contributed by atoms with E-state index in [4.69, 9.17) is 4.74 Å². The van der Waals surface area contributed by atoms with E-state index in [-0.39, 0.29) is 41.9 Å². The fourth-order valence-electron chi connectivity index (χ4n) is 3.86. The number of nitrogens with zero attached hydrogens (tertiary/aromatic N) is 1. The molecule has 0 saturated heterocycles. The number of hydrogen-bond acceptors (Lipinski definition) is 4. The second kappa shape index (κ2) is 10.7. The van der Waals surface area contributed by atoms with Gasteiger partial charge in [0.25, 0.3) is 0 Å². The van der Waals surface area contributed by atoms with Crippen LogP contribution in [0.5, 0.6) is 5.75 Å². The summed E-state index contributed by atoms with van der Waals surface area (Å²) in [4.78, 5) is 15.3. The number of rotatable bonds is 6. The molecule has 4 rings (SSSR count). The molecule has 1 aromatic heterocycles. The van der Waals surface area contributed by atoms with Gasteiger partial charge >= 0.3 is 35.7 Å². The van der Waals surface area contributed by atoms with Crippen molar-refractivity contribution in [3.63, 3.8) is 0 Å². The van der Waals surface area contributed by atoms with Crippen molar-refractivity contribution >= 4 is 17.1 Å². The number of alkyl halides is 3. The standard InChI is InChI=1S/C25H19F4NO3.Na/c26-17-11-12-23(33-14-15-7-9-16(10-8-15)25(27,28)29)20(13-17)18-3-1-4-19(18)21-5-2-6-22(30-21)24(31)32;/h2,5-13H,1,3-4,14H2,(H,31,32);/q;+1/p-1. The maximum absolute atomic E-state index is 14.1. The smallest absolute Gasteiger partial charge is 0.543 e. The van der Waals surface area contributed by atoms with E-state index in [1.54, 1.807) is 12.1 Å². The van der Waals surface area contributed by atoms with Crippen molar-refractivity contribution in [1.82, 2.24) is 4.98 Å². The molecule has 1 aliphatic carbocycles. The number of aromatic nitrogens is 1. The molecule has 3 aromatic rings. The first kappa shape index (κ1) is 25.9. The van der Waals surface area contributed by atoms with Crippen molar-refractivity contribution in [2.45, 2.75) is 32.0 Å². The number of benzene rings is 2. The van der Waals surface area contributed by atoms with Gasteiger partial charge in [-0.25, -0.2) is 9.37 Å². The average molecular weight is 479 g/mol. The molecule has 9 heteroatoms. The number of hydrogen-bond donors (Lipinski definition) is 0.